The first-order valence-electron chi connectivity index (χ1n) is 5.41. The number of halogens is 3. The Morgan fingerprint density at radius 2 is 1.89 bits per heavy atom. The minimum atomic E-state index is -4.41. The first-order valence-corrected chi connectivity index (χ1v) is 6.29. The zero-order chi connectivity index (χ0) is 13.6. The summed E-state index contributed by atoms with van der Waals surface area (Å²) in [6, 6.07) is 4.72. The highest BCUT2D eigenvalue weighted by Gasteiger charge is 2.36. The van der Waals surface area contributed by atoms with E-state index in [1.54, 1.807) is 6.07 Å². The number of aromatic nitrogens is 2. The minimum absolute atomic E-state index is 0.497. The third kappa shape index (κ3) is 2.43. The number of hydrogen-bond acceptors (Lipinski definition) is 2. The molecule has 2 rings (SSSR count). The summed E-state index contributed by atoms with van der Waals surface area (Å²) in [5.74, 6) is 0. The molecule has 0 aliphatic rings. The largest absolute Gasteiger partial charge is 0.435 e. The van der Waals surface area contributed by atoms with E-state index in [0.717, 1.165) is 10.9 Å². The van der Waals surface area contributed by atoms with E-state index in [2.05, 4.69) is 5.10 Å². The van der Waals surface area contributed by atoms with Crippen LogP contribution in [0.3, 0.4) is 0 Å². The van der Waals surface area contributed by atoms with Crippen molar-refractivity contribution in [2.24, 2.45) is 0 Å². The summed E-state index contributed by atoms with van der Waals surface area (Å²) in [6.07, 6.45) is -4.41. The maximum Gasteiger partial charge on any atom is 0.435 e. The van der Waals surface area contributed by atoms with Crippen LogP contribution in [0.4, 0.5) is 13.2 Å². The summed E-state index contributed by atoms with van der Waals surface area (Å²) in [5.41, 5.74) is -0.839. The second kappa shape index (κ2) is 4.12. The van der Waals surface area contributed by atoms with Gasteiger partial charge in [0.2, 0.25) is 0 Å². The molecule has 0 aliphatic carbocycles. The molecule has 2 nitrogen and oxygen atoms in total. The van der Waals surface area contributed by atoms with Crippen molar-refractivity contribution in [3.63, 3.8) is 0 Å². The SMILES string of the molecule is CC(C)(C)n1nc(C(F)(F)F)cc1-c1cccs1. The summed E-state index contributed by atoms with van der Waals surface area (Å²) < 4.78 is 39.6. The molecular formula is C12H13F3N2S. The van der Waals surface area contributed by atoms with Gasteiger partial charge in [-0.1, -0.05) is 6.07 Å². The van der Waals surface area contributed by atoms with Gasteiger partial charge in [0.05, 0.1) is 16.1 Å². The molecule has 98 valence electrons. The van der Waals surface area contributed by atoms with Crippen LogP contribution in [0, 0.1) is 0 Å². The zero-order valence-corrected chi connectivity index (χ0v) is 11.1. The highest BCUT2D eigenvalue weighted by Crippen LogP contribution is 2.35. The molecule has 0 fully saturated rings. The first-order chi connectivity index (χ1) is 8.19. The lowest BCUT2D eigenvalue weighted by Crippen LogP contribution is -2.24. The molecule has 0 saturated heterocycles. The fraction of sp³-hybridized carbons (Fsp3) is 0.417. The average molecular weight is 274 g/mol. The van der Waals surface area contributed by atoms with Gasteiger partial charge in [-0.25, -0.2) is 0 Å². The quantitative estimate of drug-likeness (QED) is 0.754. The van der Waals surface area contributed by atoms with Gasteiger partial charge in [-0.15, -0.1) is 11.3 Å². The van der Waals surface area contributed by atoms with Crippen LogP contribution < -0.4 is 0 Å². The summed E-state index contributed by atoms with van der Waals surface area (Å²) >= 11 is 1.40. The van der Waals surface area contributed by atoms with Gasteiger partial charge in [0, 0.05) is 0 Å². The molecule has 0 saturated carbocycles. The standard InChI is InChI=1S/C12H13F3N2S/c1-11(2,3)17-8(9-5-4-6-18-9)7-10(16-17)12(13,14)15/h4-7H,1-3H3. The summed E-state index contributed by atoms with van der Waals surface area (Å²) in [6.45, 7) is 5.49. The Morgan fingerprint density at radius 1 is 1.22 bits per heavy atom. The number of nitrogens with zero attached hydrogens (tertiary/aromatic N) is 2. The summed E-state index contributed by atoms with van der Waals surface area (Å²) in [4.78, 5) is 0.785. The lowest BCUT2D eigenvalue weighted by atomic mass is 10.1. The summed E-state index contributed by atoms with van der Waals surface area (Å²) in [5, 5.41) is 5.54. The van der Waals surface area contributed by atoms with Crippen molar-refractivity contribution in [2.45, 2.75) is 32.5 Å². The van der Waals surface area contributed by atoms with Gasteiger partial charge in [0.25, 0.3) is 0 Å². The third-order valence-electron chi connectivity index (χ3n) is 2.41. The van der Waals surface area contributed by atoms with Crippen molar-refractivity contribution in [3.05, 3.63) is 29.3 Å². The van der Waals surface area contributed by atoms with E-state index in [9.17, 15) is 13.2 Å². The van der Waals surface area contributed by atoms with E-state index in [1.165, 1.54) is 16.0 Å². The molecule has 0 atom stereocenters. The molecule has 0 aromatic carbocycles. The Hall–Kier alpha value is -1.30. The van der Waals surface area contributed by atoms with Crippen molar-refractivity contribution < 1.29 is 13.2 Å². The Balaban J connectivity index is 2.61. The molecule has 0 spiro atoms. The van der Waals surface area contributed by atoms with Crippen molar-refractivity contribution in [1.82, 2.24) is 9.78 Å². The Kier molecular flexibility index (Phi) is 3.01. The maximum absolute atomic E-state index is 12.7. The fourth-order valence-electron chi connectivity index (χ4n) is 1.63. The molecular weight excluding hydrogens is 261 g/mol. The van der Waals surface area contributed by atoms with Gasteiger partial charge < -0.3 is 0 Å². The van der Waals surface area contributed by atoms with E-state index in [0.29, 0.717) is 5.69 Å². The number of hydrogen-bond donors (Lipinski definition) is 0. The predicted octanol–water partition coefficient (Wildman–Crippen LogP) is 4.39. The molecule has 2 aromatic rings. The second-order valence-electron chi connectivity index (χ2n) is 4.97. The monoisotopic (exact) mass is 274 g/mol. The van der Waals surface area contributed by atoms with Gasteiger partial charge in [-0.05, 0) is 38.3 Å². The fourth-order valence-corrected chi connectivity index (χ4v) is 2.36. The zero-order valence-electron chi connectivity index (χ0n) is 10.2. The summed E-state index contributed by atoms with van der Waals surface area (Å²) in [7, 11) is 0. The maximum atomic E-state index is 12.7. The molecule has 2 heterocycles. The van der Waals surface area contributed by atoms with Crippen molar-refractivity contribution in [2.75, 3.05) is 0 Å². The normalized spacial score (nSPS) is 13.0. The molecule has 2 aromatic heterocycles. The van der Waals surface area contributed by atoms with Gasteiger partial charge in [0.1, 0.15) is 0 Å². The Morgan fingerprint density at radius 3 is 2.33 bits per heavy atom. The highest BCUT2D eigenvalue weighted by atomic mass is 32.1. The molecule has 0 radical (unpaired) electrons. The van der Waals surface area contributed by atoms with Crippen LogP contribution in [-0.2, 0) is 11.7 Å². The molecule has 0 amide bonds. The number of thiophene rings is 1. The number of alkyl halides is 3. The number of rotatable bonds is 1. The van der Waals surface area contributed by atoms with E-state index in [4.69, 9.17) is 0 Å². The average Bonchev–Trinajstić information content (AvgIpc) is 2.84. The van der Waals surface area contributed by atoms with Crippen LogP contribution in [0.5, 0.6) is 0 Å². The van der Waals surface area contributed by atoms with Crippen LogP contribution in [0.1, 0.15) is 26.5 Å². The molecule has 18 heavy (non-hydrogen) atoms. The van der Waals surface area contributed by atoms with E-state index in [-0.39, 0.29) is 0 Å². The molecule has 0 N–H and O–H groups in total. The van der Waals surface area contributed by atoms with E-state index < -0.39 is 17.4 Å². The van der Waals surface area contributed by atoms with Gasteiger partial charge in [-0.2, -0.15) is 18.3 Å². The van der Waals surface area contributed by atoms with Gasteiger partial charge in [0.15, 0.2) is 5.69 Å². The van der Waals surface area contributed by atoms with Crippen LogP contribution in [0.2, 0.25) is 0 Å². The minimum Gasteiger partial charge on any atom is -0.258 e. The molecule has 0 bridgehead atoms. The lowest BCUT2D eigenvalue weighted by Gasteiger charge is -2.22. The van der Waals surface area contributed by atoms with Crippen molar-refractivity contribution >= 4 is 11.3 Å². The molecule has 6 heteroatoms. The van der Waals surface area contributed by atoms with Gasteiger partial charge in [-0.3, -0.25) is 4.68 Å². The lowest BCUT2D eigenvalue weighted by molar-refractivity contribution is -0.141. The van der Waals surface area contributed by atoms with E-state index in [1.807, 2.05) is 32.2 Å². The van der Waals surface area contributed by atoms with Gasteiger partial charge >= 0.3 is 6.18 Å². The van der Waals surface area contributed by atoms with Crippen LogP contribution in [0.25, 0.3) is 10.6 Å². The third-order valence-corrected chi connectivity index (χ3v) is 3.30. The molecule has 0 aliphatic heterocycles. The van der Waals surface area contributed by atoms with Crippen LogP contribution in [-0.4, -0.2) is 9.78 Å². The molecule has 0 unspecified atom stereocenters. The Labute approximate surface area is 107 Å². The smallest absolute Gasteiger partial charge is 0.258 e. The van der Waals surface area contributed by atoms with E-state index >= 15 is 0 Å². The van der Waals surface area contributed by atoms with Crippen molar-refractivity contribution in [3.8, 4) is 10.6 Å². The van der Waals surface area contributed by atoms with Crippen LogP contribution >= 0.6 is 11.3 Å². The Bertz CT molecular complexity index is 533. The first kappa shape index (κ1) is 13.1. The predicted molar refractivity (Wildman–Crippen MR) is 65.5 cm³/mol. The topological polar surface area (TPSA) is 17.8 Å². The highest BCUT2D eigenvalue weighted by molar-refractivity contribution is 7.13. The van der Waals surface area contributed by atoms with Crippen molar-refractivity contribution in [1.29, 1.82) is 0 Å². The second-order valence-corrected chi connectivity index (χ2v) is 5.92. The van der Waals surface area contributed by atoms with Crippen LogP contribution in [0.15, 0.2) is 23.6 Å².